The van der Waals surface area contributed by atoms with Crippen LogP contribution in [-0.4, -0.2) is 15.9 Å². The van der Waals surface area contributed by atoms with Gasteiger partial charge in [0.2, 0.25) is 5.88 Å². The van der Waals surface area contributed by atoms with Crippen LogP contribution in [0, 0.1) is 11.6 Å². The maximum absolute atomic E-state index is 13.6. The molecule has 0 radical (unpaired) electrons. The predicted octanol–water partition coefficient (Wildman–Crippen LogP) is 3.59. The van der Waals surface area contributed by atoms with Crippen LogP contribution in [0.4, 0.5) is 14.5 Å². The number of aromatic nitrogens is 2. The molecular weight excluding hydrogens is 328 g/mol. The van der Waals surface area contributed by atoms with Crippen molar-refractivity contribution in [2.24, 2.45) is 0 Å². The van der Waals surface area contributed by atoms with Gasteiger partial charge in [0.05, 0.1) is 11.3 Å². The Morgan fingerprint density at radius 1 is 1.08 bits per heavy atom. The Morgan fingerprint density at radius 2 is 1.88 bits per heavy atom. The fraction of sp³-hybridized carbons (Fsp3) is 0.0556. The summed E-state index contributed by atoms with van der Waals surface area (Å²) in [6.45, 7) is 0.321. The van der Waals surface area contributed by atoms with Gasteiger partial charge in [-0.15, -0.1) is 0 Å². The van der Waals surface area contributed by atoms with Crippen LogP contribution in [0.2, 0.25) is 0 Å². The van der Waals surface area contributed by atoms with Crippen LogP contribution in [0.3, 0.4) is 0 Å². The molecule has 25 heavy (non-hydrogen) atoms. The number of hydrogen-bond acceptors (Lipinski definition) is 4. The predicted molar refractivity (Wildman–Crippen MR) is 87.1 cm³/mol. The lowest BCUT2D eigenvalue weighted by atomic mass is 10.2. The molecule has 7 heteroatoms. The summed E-state index contributed by atoms with van der Waals surface area (Å²) in [5.41, 5.74) is 1.05. The highest BCUT2D eigenvalue weighted by atomic mass is 19.1. The number of anilines is 1. The first-order valence-electron chi connectivity index (χ1n) is 7.36. The van der Waals surface area contributed by atoms with Crippen LogP contribution in [-0.2, 0) is 6.61 Å². The Labute approximate surface area is 142 Å². The van der Waals surface area contributed by atoms with Crippen LogP contribution in [0.5, 0.6) is 5.88 Å². The van der Waals surface area contributed by atoms with Gasteiger partial charge in [-0.25, -0.2) is 13.8 Å². The van der Waals surface area contributed by atoms with Crippen LogP contribution in [0.1, 0.15) is 15.9 Å². The molecule has 1 amide bonds. The van der Waals surface area contributed by atoms with E-state index in [0.29, 0.717) is 18.6 Å². The summed E-state index contributed by atoms with van der Waals surface area (Å²) >= 11 is 0. The van der Waals surface area contributed by atoms with Crippen molar-refractivity contribution in [3.8, 4) is 5.88 Å². The third-order valence-electron chi connectivity index (χ3n) is 3.31. The summed E-state index contributed by atoms with van der Waals surface area (Å²) in [6, 6.07) is 9.60. The van der Waals surface area contributed by atoms with Crippen molar-refractivity contribution in [2.75, 3.05) is 5.32 Å². The van der Waals surface area contributed by atoms with Crippen LogP contribution in [0.15, 0.2) is 61.1 Å². The van der Waals surface area contributed by atoms with E-state index in [9.17, 15) is 13.6 Å². The van der Waals surface area contributed by atoms with E-state index in [4.69, 9.17) is 4.74 Å². The second-order valence-electron chi connectivity index (χ2n) is 5.11. The lowest BCUT2D eigenvalue weighted by molar-refractivity contribution is 0.102. The largest absolute Gasteiger partial charge is 0.473 e. The molecule has 0 bridgehead atoms. The molecule has 126 valence electrons. The molecule has 0 aliphatic heterocycles. The average molecular weight is 341 g/mol. The molecule has 0 aliphatic rings. The van der Waals surface area contributed by atoms with Gasteiger partial charge in [0.1, 0.15) is 18.2 Å². The van der Waals surface area contributed by atoms with Crippen molar-refractivity contribution < 1.29 is 18.3 Å². The molecule has 1 N–H and O–H groups in total. The van der Waals surface area contributed by atoms with E-state index < -0.39 is 17.5 Å². The quantitative estimate of drug-likeness (QED) is 0.770. The lowest BCUT2D eigenvalue weighted by Crippen LogP contribution is -2.13. The van der Waals surface area contributed by atoms with Gasteiger partial charge in [-0.05, 0) is 35.9 Å². The van der Waals surface area contributed by atoms with Gasteiger partial charge in [-0.1, -0.05) is 0 Å². The fourth-order valence-corrected chi connectivity index (χ4v) is 2.02. The van der Waals surface area contributed by atoms with Gasteiger partial charge in [-0.3, -0.25) is 9.78 Å². The zero-order valence-electron chi connectivity index (χ0n) is 12.9. The van der Waals surface area contributed by atoms with Gasteiger partial charge < -0.3 is 10.1 Å². The van der Waals surface area contributed by atoms with E-state index in [1.807, 2.05) is 12.1 Å². The minimum atomic E-state index is -0.849. The molecular formula is C18H13F2N3O2. The summed E-state index contributed by atoms with van der Waals surface area (Å²) in [6.07, 6.45) is 4.64. The Kier molecular flexibility index (Phi) is 4.94. The molecule has 5 nitrogen and oxygen atoms in total. The van der Waals surface area contributed by atoms with E-state index in [1.54, 1.807) is 12.4 Å². The van der Waals surface area contributed by atoms with Crippen LogP contribution < -0.4 is 10.1 Å². The number of hydrogen-bond donors (Lipinski definition) is 1. The molecule has 3 rings (SSSR count). The summed E-state index contributed by atoms with van der Waals surface area (Å²) in [5.74, 6) is -1.77. The normalized spacial score (nSPS) is 10.3. The van der Waals surface area contributed by atoms with E-state index in [0.717, 1.165) is 17.7 Å². The topological polar surface area (TPSA) is 64.1 Å². The number of carbonyl (C=O) groups excluding carboxylic acids is 1. The summed E-state index contributed by atoms with van der Waals surface area (Å²) in [4.78, 5) is 20.0. The molecule has 3 aromatic rings. The highest BCUT2D eigenvalue weighted by Gasteiger charge is 2.11. The molecule has 0 unspecified atom stereocenters. The maximum Gasteiger partial charge on any atom is 0.257 e. The highest BCUT2D eigenvalue weighted by Crippen LogP contribution is 2.17. The zero-order chi connectivity index (χ0) is 17.6. The van der Waals surface area contributed by atoms with Crippen molar-refractivity contribution in [3.63, 3.8) is 0 Å². The Bertz CT molecular complexity index is 871. The Hall–Kier alpha value is -3.35. The number of benzene rings is 1. The first-order chi connectivity index (χ1) is 12.1. The van der Waals surface area contributed by atoms with Crippen LogP contribution in [0.25, 0.3) is 0 Å². The van der Waals surface area contributed by atoms with Crippen molar-refractivity contribution in [2.45, 2.75) is 6.61 Å². The molecule has 2 heterocycles. The number of halogens is 2. The van der Waals surface area contributed by atoms with E-state index in [1.165, 1.54) is 18.3 Å². The third-order valence-corrected chi connectivity index (χ3v) is 3.31. The summed E-state index contributed by atoms with van der Waals surface area (Å²) < 4.78 is 31.9. The lowest BCUT2D eigenvalue weighted by Gasteiger charge is -2.08. The van der Waals surface area contributed by atoms with E-state index >= 15 is 0 Å². The minimum absolute atomic E-state index is 0.107. The van der Waals surface area contributed by atoms with Gasteiger partial charge in [0.25, 0.3) is 5.91 Å². The number of ether oxygens (including phenoxy) is 1. The fourth-order valence-electron chi connectivity index (χ4n) is 2.02. The highest BCUT2D eigenvalue weighted by molar-refractivity contribution is 6.04. The number of rotatable bonds is 5. The minimum Gasteiger partial charge on any atom is -0.473 e. The number of carbonyl (C=O) groups is 1. The van der Waals surface area contributed by atoms with Crippen molar-refractivity contribution in [1.29, 1.82) is 0 Å². The number of nitrogens with zero attached hydrogens (tertiary/aromatic N) is 2. The van der Waals surface area contributed by atoms with E-state index in [2.05, 4.69) is 15.3 Å². The van der Waals surface area contributed by atoms with Crippen LogP contribution >= 0.6 is 0 Å². The van der Waals surface area contributed by atoms with Crippen molar-refractivity contribution in [1.82, 2.24) is 9.97 Å². The van der Waals surface area contributed by atoms with Crippen molar-refractivity contribution in [3.05, 3.63) is 83.8 Å². The number of nitrogens with one attached hydrogen (secondary N) is 1. The molecule has 0 spiro atoms. The second kappa shape index (κ2) is 7.48. The monoisotopic (exact) mass is 341 g/mol. The Balaban J connectivity index is 1.62. The van der Waals surface area contributed by atoms with Gasteiger partial charge in [-0.2, -0.15) is 0 Å². The summed E-state index contributed by atoms with van der Waals surface area (Å²) in [5, 5.41) is 2.36. The van der Waals surface area contributed by atoms with E-state index in [-0.39, 0.29) is 11.3 Å². The second-order valence-corrected chi connectivity index (χ2v) is 5.11. The zero-order valence-corrected chi connectivity index (χ0v) is 12.9. The third kappa shape index (κ3) is 4.35. The molecule has 0 saturated carbocycles. The Morgan fingerprint density at radius 3 is 2.56 bits per heavy atom. The molecule has 1 aromatic carbocycles. The van der Waals surface area contributed by atoms with Gasteiger partial charge >= 0.3 is 0 Å². The smallest absolute Gasteiger partial charge is 0.257 e. The first-order valence-corrected chi connectivity index (χ1v) is 7.36. The van der Waals surface area contributed by atoms with Crippen molar-refractivity contribution >= 4 is 11.6 Å². The molecule has 0 atom stereocenters. The maximum atomic E-state index is 13.6. The first kappa shape index (κ1) is 16.5. The standard InChI is InChI=1S/C18H13F2N3O2/c19-14-2-3-16(15(20)9-14)23-18(24)13-1-4-17(22-10-13)25-11-12-5-7-21-8-6-12/h1-10H,11H2,(H,23,24). The number of pyridine rings is 2. The number of amides is 1. The molecule has 0 aliphatic carbocycles. The SMILES string of the molecule is O=C(Nc1ccc(F)cc1F)c1ccc(OCc2ccncc2)nc1. The van der Waals surface area contributed by atoms with Gasteiger partial charge in [0, 0.05) is 30.7 Å². The molecule has 0 saturated heterocycles. The summed E-state index contributed by atoms with van der Waals surface area (Å²) in [7, 11) is 0. The average Bonchev–Trinajstić information content (AvgIpc) is 2.63. The molecule has 0 fully saturated rings. The molecule has 2 aromatic heterocycles. The van der Waals surface area contributed by atoms with Gasteiger partial charge in [0.15, 0.2) is 0 Å².